The predicted octanol–water partition coefficient (Wildman–Crippen LogP) is 0.676. The van der Waals surface area contributed by atoms with Crippen molar-refractivity contribution in [2.75, 3.05) is 6.61 Å². The van der Waals surface area contributed by atoms with Crippen LogP contribution >= 0.6 is 23.2 Å². The third kappa shape index (κ3) is 2.69. The van der Waals surface area contributed by atoms with Crippen molar-refractivity contribution in [2.45, 2.75) is 4.33 Å². The van der Waals surface area contributed by atoms with Crippen LogP contribution in [-0.4, -0.2) is 16.0 Å². The van der Waals surface area contributed by atoms with Crippen LogP contribution < -0.4 is 0 Å². The second-order valence-electron chi connectivity index (χ2n) is 0.974. The zero-order valence-electron chi connectivity index (χ0n) is 3.36. The van der Waals surface area contributed by atoms with Gasteiger partial charge in [0.25, 0.3) is 0 Å². The minimum absolute atomic E-state index is 0.535. The molecule has 7 heavy (non-hydrogen) atoms. The molecule has 0 aliphatic carbocycles. The van der Waals surface area contributed by atoms with Crippen molar-refractivity contribution in [1.29, 1.82) is 5.26 Å². The first-order valence-electron chi connectivity index (χ1n) is 1.52. The summed E-state index contributed by atoms with van der Waals surface area (Å²) in [4.78, 5) is 0. The first-order valence-corrected chi connectivity index (χ1v) is 2.28. The Morgan fingerprint density at radius 3 is 2.14 bits per heavy atom. The average Bonchev–Trinajstić information content (AvgIpc) is 1.68. The Morgan fingerprint density at radius 1 is 1.71 bits per heavy atom. The first-order chi connectivity index (χ1) is 3.12. The number of aliphatic hydroxyl groups is 1. The van der Waals surface area contributed by atoms with E-state index in [1.807, 2.05) is 0 Å². The molecular weight excluding hydrogens is 137 g/mol. The number of alkyl halides is 2. The second kappa shape index (κ2) is 2.37. The van der Waals surface area contributed by atoms with Crippen molar-refractivity contribution >= 4 is 23.2 Å². The molecule has 0 rings (SSSR count). The summed E-state index contributed by atoms with van der Waals surface area (Å²) in [6, 6.07) is 1.47. The van der Waals surface area contributed by atoms with Crippen LogP contribution in [0.1, 0.15) is 0 Å². The lowest BCUT2D eigenvalue weighted by atomic mass is 10.5. The van der Waals surface area contributed by atoms with E-state index in [4.69, 9.17) is 33.6 Å². The van der Waals surface area contributed by atoms with Crippen molar-refractivity contribution < 1.29 is 5.11 Å². The van der Waals surface area contributed by atoms with Gasteiger partial charge in [0.05, 0.1) is 6.61 Å². The number of nitrogens with zero attached hydrogens (tertiary/aromatic N) is 1. The fourth-order valence-electron chi connectivity index (χ4n) is 0.0354. The van der Waals surface area contributed by atoms with Crippen LogP contribution in [0.4, 0.5) is 0 Å². The van der Waals surface area contributed by atoms with Gasteiger partial charge in [0.15, 0.2) is 0 Å². The molecule has 0 heterocycles. The highest BCUT2D eigenvalue weighted by molar-refractivity contribution is 6.50. The number of halogens is 2. The van der Waals surface area contributed by atoms with Gasteiger partial charge in [-0.3, -0.25) is 0 Å². The Balaban J connectivity index is 3.66. The van der Waals surface area contributed by atoms with Crippen LogP contribution in [0, 0.1) is 11.3 Å². The standard InChI is InChI=1S/C3H3Cl2NO/c4-3(5,1-6)2-7/h7H,2H2. The van der Waals surface area contributed by atoms with Crippen molar-refractivity contribution in [3.8, 4) is 6.07 Å². The molecule has 0 aromatic rings. The summed E-state index contributed by atoms with van der Waals surface area (Å²) in [5.41, 5.74) is 0. The van der Waals surface area contributed by atoms with E-state index in [0.29, 0.717) is 0 Å². The lowest BCUT2D eigenvalue weighted by Crippen LogP contribution is -2.13. The zero-order valence-corrected chi connectivity index (χ0v) is 4.87. The topological polar surface area (TPSA) is 44.0 Å². The van der Waals surface area contributed by atoms with Crippen LogP contribution in [0.2, 0.25) is 0 Å². The summed E-state index contributed by atoms with van der Waals surface area (Å²) in [5, 5.41) is 16.0. The highest BCUT2D eigenvalue weighted by Crippen LogP contribution is 2.16. The Morgan fingerprint density at radius 2 is 2.14 bits per heavy atom. The maximum Gasteiger partial charge on any atom is 0.225 e. The number of hydrogen-bond acceptors (Lipinski definition) is 2. The van der Waals surface area contributed by atoms with Crippen molar-refractivity contribution in [3.63, 3.8) is 0 Å². The van der Waals surface area contributed by atoms with E-state index in [1.165, 1.54) is 6.07 Å². The van der Waals surface area contributed by atoms with Gasteiger partial charge in [0.1, 0.15) is 6.07 Å². The van der Waals surface area contributed by atoms with Crippen molar-refractivity contribution in [2.24, 2.45) is 0 Å². The summed E-state index contributed by atoms with van der Waals surface area (Å²) in [7, 11) is 0. The van der Waals surface area contributed by atoms with Gasteiger partial charge in [-0.1, -0.05) is 23.2 Å². The third-order valence-electron chi connectivity index (χ3n) is 0.362. The molecule has 0 bridgehead atoms. The quantitative estimate of drug-likeness (QED) is 0.544. The molecule has 2 nitrogen and oxygen atoms in total. The van der Waals surface area contributed by atoms with Gasteiger partial charge < -0.3 is 5.11 Å². The van der Waals surface area contributed by atoms with E-state index >= 15 is 0 Å². The average molecular weight is 140 g/mol. The lowest BCUT2D eigenvalue weighted by Gasteiger charge is -2.01. The summed E-state index contributed by atoms with van der Waals surface area (Å²) >= 11 is 10.1. The van der Waals surface area contributed by atoms with Gasteiger partial charge in [-0.15, -0.1) is 0 Å². The van der Waals surface area contributed by atoms with Gasteiger partial charge in [-0.2, -0.15) is 5.26 Å². The molecule has 0 aromatic heterocycles. The van der Waals surface area contributed by atoms with Crippen LogP contribution in [0.15, 0.2) is 0 Å². The fraction of sp³-hybridized carbons (Fsp3) is 0.667. The molecule has 0 aromatic carbocycles. The number of nitriles is 1. The van der Waals surface area contributed by atoms with Crippen molar-refractivity contribution in [1.82, 2.24) is 0 Å². The van der Waals surface area contributed by atoms with Crippen LogP contribution in [-0.2, 0) is 0 Å². The summed E-state index contributed by atoms with van der Waals surface area (Å²) in [6.07, 6.45) is 0. The molecular formula is C3H3Cl2NO. The number of aliphatic hydroxyl groups excluding tert-OH is 1. The third-order valence-corrected chi connectivity index (χ3v) is 0.770. The second-order valence-corrected chi connectivity index (χ2v) is 2.46. The predicted molar refractivity (Wildman–Crippen MR) is 27.1 cm³/mol. The van der Waals surface area contributed by atoms with Gasteiger partial charge in [0, 0.05) is 0 Å². The van der Waals surface area contributed by atoms with E-state index in [-0.39, 0.29) is 0 Å². The van der Waals surface area contributed by atoms with E-state index in [9.17, 15) is 0 Å². The van der Waals surface area contributed by atoms with Crippen molar-refractivity contribution in [3.05, 3.63) is 0 Å². The highest BCUT2D eigenvalue weighted by atomic mass is 35.5. The lowest BCUT2D eigenvalue weighted by molar-refractivity contribution is 0.296. The van der Waals surface area contributed by atoms with Crippen LogP contribution in [0.5, 0.6) is 0 Å². The molecule has 0 spiro atoms. The fourth-order valence-corrected chi connectivity index (χ4v) is 0.0354. The Labute approximate surface area is 51.3 Å². The normalized spacial score (nSPS) is 10.6. The number of hydrogen-bond donors (Lipinski definition) is 1. The molecule has 0 aliphatic heterocycles. The summed E-state index contributed by atoms with van der Waals surface area (Å²) in [5.74, 6) is 0. The molecule has 0 saturated heterocycles. The summed E-state index contributed by atoms with van der Waals surface area (Å²) < 4.78 is -1.61. The largest absolute Gasteiger partial charge is 0.392 e. The molecule has 0 saturated carbocycles. The van der Waals surface area contributed by atoms with E-state index < -0.39 is 10.9 Å². The van der Waals surface area contributed by atoms with Gasteiger partial charge in [-0.05, 0) is 0 Å². The van der Waals surface area contributed by atoms with E-state index in [2.05, 4.69) is 0 Å². The molecule has 1 N–H and O–H groups in total. The zero-order chi connectivity index (χ0) is 5.91. The molecule has 40 valence electrons. The number of rotatable bonds is 1. The molecule has 0 atom stereocenters. The Kier molecular flexibility index (Phi) is 2.38. The molecule has 0 amide bonds. The van der Waals surface area contributed by atoms with E-state index in [1.54, 1.807) is 0 Å². The Hall–Kier alpha value is 0.0300. The van der Waals surface area contributed by atoms with Gasteiger partial charge in [0.2, 0.25) is 4.33 Å². The molecule has 0 fully saturated rings. The van der Waals surface area contributed by atoms with Gasteiger partial charge >= 0.3 is 0 Å². The Bertz CT molecular complexity index is 95.6. The monoisotopic (exact) mass is 139 g/mol. The summed E-state index contributed by atoms with van der Waals surface area (Å²) in [6.45, 7) is -0.535. The minimum Gasteiger partial charge on any atom is -0.392 e. The maximum atomic E-state index is 8.11. The van der Waals surface area contributed by atoms with Gasteiger partial charge in [-0.25, -0.2) is 0 Å². The minimum atomic E-state index is -1.61. The molecule has 0 radical (unpaired) electrons. The highest BCUT2D eigenvalue weighted by Gasteiger charge is 2.20. The van der Waals surface area contributed by atoms with Crippen LogP contribution in [0.3, 0.4) is 0 Å². The smallest absolute Gasteiger partial charge is 0.225 e. The first kappa shape index (κ1) is 7.03. The molecule has 0 unspecified atom stereocenters. The maximum absolute atomic E-state index is 8.11. The SMILES string of the molecule is N#CC(Cl)(Cl)CO. The van der Waals surface area contributed by atoms with Crippen LogP contribution in [0.25, 0.3) is 0 Å². The molecule has 0 aliphatic rings. The molecule has 4 heteroatoms. The van der Waals surface area contributed by atoms with E-state index in [0.717, 1.165) is 0 Å².